The standard InChI is InChI=1S/C14H12N2O3/c17-13-10-5-1-3-9(12(10)14(18)16-13)4-2-6-11-15-7-8-19-11/h1,3,5,7-8H,2,4,6H2,(H,16,17,18). The number of hydrogen-bond donors (Lipinski definition) is 1. The zero-order valence-corrected chi connectivity index (χ0v) is 10.2. The van der Waals surface area contributed by atoms with Crippen LogP contribution in [0.1, 0.15) is 38.6 Å². The van der Waals surface area contributed by atoms with E-state index in [1.807, 2.05) is 6.07 Å². The number of nitrogens with one attached hydrogen (secondary N) is 1. The molecule has 19 heavy (non-hydrogen) atoms. The maximum atomic E-state index is 11.7. The highest BCUT2D eigenvalue weighted by molar-refractivity contribution is 6.22. The fourth-order valence-electron chi connectivity index (χ4n) is 2.31. The Balaban J connectivity index is 1.75. The van der Waals surface area contributed by atoms with Crippen molar-refractivity contribution in [2.24, 2.45) is 0 Å². The van der Waals surface area contributed by atoms with Crippen molar-refractivity contribution in [3.05, 3.63) is 53.2 Å². The largest absolute Gasteiger partial charge is 0.449 e. The normalized spacial score (nSPS) is 13.5. The zero-order chi connectivity index (χ0) is 13.2. The van der Waals surface area contributed by atoms with Gasteiger partial charge in [0.25, 0.3) is 11.8 Å². The second-order valence-electron chi connectivity index (χ2n) is 4.40. The van der Waals surface area contributed by atoms with Crippen LogP contribution in [0.25, 0.3) is 0 Å². The van der Waals surface area contributed by atoms with Gasteiger partial charge in [-0.1, -0.05) is 12.1 Å². The van der Waals surface area contributed by atoms with E-state index >= 15 is 0 Å². The van der Waals surface area contributed by atoms with Crippen molar-refractivity contribution in [3.8, 4) is 0 Å². The molecule has 0 spiro atoms. The molecule has 0 saturated carbocycles. The van der Waals surface area contributed by atoms with Gasteiger partial charge in [-0.05, 0) is 24.5 Å². The van der Waals surface area contributed by atoms with Gasteiger partial charge in [-0.2, -0.15) is 0 Å². The van der Waals surface area contributed by atoms with Crippen LogP contribution in [-0.2, 0) is 12.8 Å². The molecule has 5 heteroatoms. The van der Waals surface area contributed by atoms with E-state index in [0.717, 1.165) is 12.0 Å². The van der Waals surface area contributed by atoms with E-state index in [-0.39, 0.29) is 11.8 Å². The number of benzene rings is 1. The van der Waals surface area contributed by atoms with Gasteiger partial charge in [-0.15, -0.1) is 0 Å². The summed E-state index contributed by atoms with van der Waals surface area (Å²) in [4.78, 5) is 27.3. The minimum atomic E-state index is -0.311. The minimum Gasteiger partial charge on any atom is -0.449 e. The number of amides is 2. The smallest absolute Gasteiger partial charge is 0.259 e. The fourth-order valence-corrected chi connectivity index (χ4v) is 2.31. The molecule has 0 bridgehead atoms. The van der Waals surface area contributed by atoms with Crippen LogP contribution in [0.4, 0.5) is 0 Å². The average molecular weight is 256 g/mol. The van der Waals surface area contributed by atoms with Crippen molar-refractivity contribution >= 4 is 11.8 Å². The van der Waals surface area contributed by atoms with Crippen LogP contribution in [0.3, 0.4) is 0 Å². The number of rotatable bonds is 4. The van der Waals surface area contributed by atoms with Crippen LogP contribution in [0.15, 0.2) is 35.1 Å². The summed E-state index contributed by atoms with van der Waals surface area (Å²) in [5.74, 6) is 0.0781. The van der Waals surface area contributed by atoms with E-state index in [1.165, 1.54) is 0 Å². The number of hydrogen-bond acceptors (Lipinski definition) is 4. The molecule has 2 amide bonds. The molecule has 5 nitrogen and oxygen atoms in total. The SMILES string of the molecule is O=C1NC(=O)c2c(CCCc3ncco3)cccc21. The highest BCUT2D eigenvalue weighted by atomic mass is 16.3. The molecule has 0 radical (unpaired) electrons. The second-order valence-corrected chi connectivity index (χ2v) is 4.40. The fraction of sp³-hybridized carbons (Fsp3) is 0.214. The number of imide groups is 1. The number of nitrogens with zero attached hydrogens (tertiary/aromatic N) is 1. The lowest BCUT2D eigenvalue weighted by Gasteiger charge is -2.04. The molecule has 1 N–H and O–H groups in total. The summed E-state index contributed by atoms with van der Waals surface area (Å²) >= 11 is 0. The number of carbonyl (C=O) groups is 2. The van der Waals surface area contributed by atoms with Gasteiger partial charge in [0, 0.05) is 6.42 Å². The summed E-state index contributed by atoms with van der Waals surface area (Å²) in [7, 11) is 0. The molecule has 1 aromatic carbocycles. The van der Waals surface area contributed by atoms with Crippen molar-refractivity contribution in [1.29, 1.82) is 0 Å². The number of fused-ring (bicyclic) bond motifs is 1. The second kappa shape index (κ2) is 4.68. The molecule has 0 unspecified atom stereocenters. The van der Waals surface area contributed by atoms with E-state index in [4.69, 9.17) is 4.42 Å². The lowest BCUT2D eigenvalue weighted by atomic mass is 9.98. The third-order valence-corrected chi connectivity index (χ3v) is 3.17. The summed E-state index contributed by atoms with van der Waals surface area (Å²) in [5.41, 5.74) is 1.88. The van der Waals surface area contributed by atoms with Crippen LogP contribution in [0, 0.1) is 0 Å². The Morgan fingerprint density at radius 1 is 1.16 bits per heavy atom. The molecule has 1 aliphatic heterocycles. The molecule has 3 rings (SSSR count). The molecule has 1 aromatic heterocycles. The molecular weight excluding hydrogens is 244 g/mol. The summed E-state index contributed by atoms with van der Waals surface area (Å²) in [5, 5.41) is 2.32. The van der Waals surface area contributed by atoms with Gasteiger partial charge >= 0.3 is 0 Å². The average Bonchev–Trinajstić information content (AvgIpc) is 3.00. The lowest BCUT2D eigenvalue weighted by molar-refractivity contribution is 0.0879. The summed E-state index contributed by atoms with van der Waals surface area (Å²) in [6.07, 6.45) is 5.40. The first-order valence-electron chi connectivity index (χ1n) is 6.11. The van der Waals surface area contributed by atoms with E-state index in [9.17, 15) is 9.59 Å². The highest BCUT2D eigenvalue weighted by Gasteiger charge is 2.28. The summed E-state index contributed by atoms with van der Waals surface area (Å²) in [6, 6.07) is 5.36. The lowest BCUT2D eigenvalue weighted by Crippen LogP contribution is -2.20. The minimum absolute atomic E-state index is 0.299. The number of aromatic nitrogens is 1. The molecule has 0 fully saturated rings. The molecule has 1 aliphatic rings. The third-order valence-electron chi connectivity index (χ3n) is 3.17. The molecule has 2 aromatic rings. The zero-order valence-electron chi connectivity index (χ0n) is 10.2. The Labute approximate surface area is 109 Å². The molecule has 0 aliphatic carbocycles. The number of aryl methyl sites for hydroxylation is 2. The van der Waals surface area contributed by atoms with E-state index in [1.54, 1.807) is 24.6 Å². The van der Waals surface area contributed by atoms with Crippen LogP contribution < -0.4 is 5.32 Å². The van der Waals surface area contributed by atoms with Crippen LogP contribution in [0.5, 0.6) is 0 Å². The van der Waals surface area contributed by atoms with Crippen molar-refractivity contribution < 1.29 is 14.0 Å². The van der Waals surface area contributed by atoms with Gasteiger partial charge in [0.2, 0.25) is 0 Å². The molecule has 2 heterocycles. The van der Waals surface area contributed by atoms with Crippen LogP contribution in [0.2, 0.25) is 0 Å². The van der Waals surface area contributed by atoms with Gasteiger partial charge in [-0.25, -0.2) is 4.98 Å². The first-order chi connectivity index (χ1) is 9.25. The Bertz CT molecular complexity index is 632. The van der Waals surface area contributed by atoms with E-state index < -0.39 is 0 Å². The Hall–Kier alpha value is -2.43. The van der Waals surface area contributed by atoms with Gasteiger partial charge in [0.15, 0.2) is 5.89 Å². The van der Waals surface area contributed by atoms with Gasteiger partial charge in [0.05, 0.1) is 17.3 Å². The quantitative estimate of drug-likeness (QED) is 0.845. The summed E-state index contributed by atoms with van der Waals surface area (Å²) in [6.45, 7) is 0. The Morgan fingerprint density at radius 3 is 2.84 bits per heavy atom. The maximum Gasteiger partial charge on any atom is 0.259 e. The monoisotopic (exact) mass is 256 g/mol. The molecule has 0 atom stereocenters. The van der Waals surface area contributed by atoms with Crippen LogP contribution >= 0.6 is 0 Å². The van der Waals surface area contributed by atoms with Crippen molar-refractivity contribution in [2.75, 3.05) is 0 Å². The first-order valence-corrected chi connectivity index (χ1v) is 6.11. The first kappa shape index (κ1) is 11.6. The molecule has 0 saturated heterocycles. The maximum absolute atomic E-state index is 11.7. The molecule has 96 valence electrons. The van der Waals surface area contributed by atoms with Crippen molar-refractivity contribution in [1.82, 2.24) is 10.3 Å². The Morgan fingerprint density at radius 2 is 2.05 bits per heavy atom. The van der Waals surface area contributed by atoms with Gasteiger partial charge in [-0.3, -0.25) is 14.9 Å². The molecular formula is C14H12N2O3. The van der Waals surface area contributed by atoms with Gasteiger partial charge in [0.1, 0.15) is 6.26 Å². The van der Waals surface area contributed by atoms with Crippen molar-refractivity contribution in [3.63, 3.8) is 0 Å². The Kier molecular flexibility index (Phi) is 2.87. The predicted octanol–water partition coefficient (Wildman–Crippen LogP) is 1.73. The van der Waals surface area contributed by atoms with Gasteiger partial charge < -0.3 is 4.42 Å². The highest BCUT2D eigenvalue weighted by Crippen LogP contribution is 2.21. The summed E-state index contributed by atoms with van der Waals surface area (Å²) < 4.78 is 5.16. The number of oxazole rings is 1. The van der Waals surface area contributed by atoms with Crippen LogP contribution in [-0.4, -0.2) is 16.8 Å². The predicted molar refractivity (Wildman–Crippen MR) is 66.8 cm³/mol. The van der Waals surface area contributed by atoms with E-state index in [2.05, 4.69) is 10.3 Å². The topological polar surface area (TPSA) is 72.2 Å². The van der Waals surface area contributed by atoms with Crippen molar-refractivity contribution in [2.45, 2.75) is 19.3 Å². The van der Waals surface area contributed by atoms with E-state index in [0.29, 0.717) is 29.9 Å². The third kappa shape index (κ3) is 2.14. The number of carbonyl (C=O) groups excluding carboxylic acids is 2.